The summed E-state index contributed by atoms with van der Waals surface area (Å²) in [5.74, 6) is 0.678. The van der Waals surface area contributed by atoms with Crippen LogP contribution in [0.5, 0.6) is 17.2 Å². The highest BCUT2D eigenvalue weighted by molar-refractivity contribution is 6.02. The molecule has 6 heterocycles. The molecule has 3 amide bonds. The highest BCUT2D eigenvalue weighted by atomic mass is 16.5. The van der Waals surface area contributed by atoms with Crippen molar-refractivity contribution in [1.82, 2.24) is 20.5 Å². The third-order valence-electron chi connectivity index (χ3n) is 8.11. The predicted molar refractivity (Wildman–Crippen MR) is 162 cm³/mol. The first-order valence-corrected chi connectivity index (χ1v) is 14.7. The van der Waals surface area contributed by atoms with Crippen molar-refractivity contribution in [3.63, 3.8) is 0 Å². The molecule has 0 radical (unpaired) electrons. The van der Waals surface area contributed by atoms with Gasteiger partial charge in [-0.1, -0.05) is 18.2 Å². The van der Waals surface area contributed by atoms with Crippen LogP contribution in [-0.4, -0.2) is 72.3 Å². The number of rotatable bonds is 3. The fourth-order valence-corrected chi connectivity index (χ4v) is 5.76. The van der Waals surface area contributed by atoms with E-state index in [0.29, 0.717) is 72.1 Å². The van der Waals surface area contributed by atoms with Crippen molar-refractivity contribution in [1.29, 1.82) is 0 Å². The van der Waals surface area contributed by atoms with Gasteiger partial charge in [-0.05, 0) is 61.2 Å². The lowest BCUT2D eigenvalue weighted by atomic mass is 9.99. The van der Waals surface area contributed by atoms with Crippen molar-refractivity contribution in [2.75, 3.05) is 26.8 Å². The molecule has 0 saturated carbocycles. The van der Waals surface area contributed by atoms with Crippen molar-refractivity contribution in [3.8, 4) is 17.2 Å². The van der Waals surface area contributed by atoms with Crippen molar-refractivity contribution < 1.29 is 33.4 Å². The zero-order valence-electron chi connectivity index (χ0n) is 25.5. The monoisotopic (exact) mass is 602 g/mol. The van der Waals surface area contributed by atoms with E-state index >= 15 is 0 Å². The first kappa shape index (κ1) is 30.7. The molecule has 11 nitrogen and oxygen atoms in total. The summed E-state index contributed by atoms with van der Waals surface area (Å²) in [7, 11) is 1.52. The molecule has 4 bridgehead atoms. The van der Waals surface area contributed by atoms with Crippen LogP contribution in [0.25, 0.3) is 0 Å². The molecule has 0 aliphatic carbocycles. The summed E-state index contributed by atoms with van der Waals surface area (Å²) in [5, 5.41) is 5.98. The second-order valence-electron chi connectivity index (χ2n) is 11.2. The molecule has 2 atom stereocenters. The number of hydrogen-bond donors (Lipinski definition) is 3. The number of carbonyl (C=O) groups excluding carboxylic acids is 4. The number of aromatic amines is 1. The molecule has 1 aromatic heterocycles. The van der Waals surface area contributed by atoms with Crippen molar-refractivity contribution in [3.05, 3.63) is 76.1 Å². The minimum absolute atomic E-state index is 0.0672. The lowest BCUT2D eigenvalue weighted by Crippen LogP contribution is -2.58. The summed E-state index contributed by atoms with van der Waals surface area (Å²) in [4.78, 5) is 56.2. The summed E-state index contributed by atoms with van der Waals surface area (Å²) in [6, 6.07) is 12.3. The largest absolute Gasteiger partial charge is 0.493 e. The topological polar surface area (TPSA) is 139 Å². The lowest BCUT2D eigenvalue weighted by Gasteiger charge is -2.39. The summed E-state index contributed by atoms with van der Waals surface area (Å²) >= 11 is 0. The fraction of sp³-hybridized carbons (Fsp3) is 0.394. The molecule has 5 aliphatic heterocycles. The molecule has 3 N–H and O–H groups in total. The smallest absolute Gasteiger partial charge is 0.258 e. The van der Waals surface area contributed by atoms with Crippen LogP contribution >= 0.6 is 0 Å². The lowest BCUT2D eigenvalue weighted by molar-refractivity contribution is -0.125. The molecule has 2 aromatic carbocycles. The maximum absolute atomic E-state index is 13.7. The maximum Gasteiger partial charge on any atom is 0.258 e. The van der Waals surface area contributed by atoms with Crippen LogP contribution in [0, 0.1) is 13.8 Å². The maximum atomic E-state index is 13.7. The van der Waals surface area contributed by atoms with Gasteiger partial charge in [-0.3, -0.25) is 19.2 Å². The number of likely N-dealkylation sites (tertiary alicyclic amines) is 1. The second kappa shape index (κ2) is 13.2. The van der Waals surface area contributed by atoms with E-state index in [-0.39, 0.29) is 36.7 Å². The van der Waals surface area contributed by atoms with Crippen LogP contribution in [-0.2, 0) is 22.6 Å². The Bertz CT molecular complexity index is 1560. The summed E-state index contributed by atoms with van der Waals surface area (Å²) in [6.45, 7) is 5.72. The average molecular weight is 603 g/mol. The Morgan fingerprint density at radius 2 is 1.75 bits per heavy atom. The van der Waals surface area contributed by atoms with Crippen LogP contribution in [0.3, 0.4) is 0 Å². The number of methoxy groups -OCH3 is 1. The van der Waals surface area contributed by atoms with E-state index in [4.69, 9.17) is 14.2 Å². The van der Waals surface area contributed by atoms with E-state index in [1.165, 1.54) is 14.0 Å². The molecular weight excluding hydrogens is 564 g/mol. The highest BCUT2D eigenvalue weighted by Gasteiger charge is 2.36. The number of Topliss-reactive ketones (excluding diaryl/α,β-unsaturated/α-hetero) is 1. The van der Waals surface area contributed by atoms with Crippen LogP contribution in [0.15, 0.2) is 42.5 Å². The van der Waals surface area contributed by atoms with Crippen molar-refractivity contribution >= 4 is 23.5 Å². The van der Waals surface area contributed by atoms with Crippen molar-refractivity contribution in [2.45, 2.75) is 58.7 Å². The molecule has 1 saturated heterocycles. The van der Waals surface area contributed by atoms with E-state index in [1.807, 2.05) is 30.3 Å². The number of piperidine rings is 1. The van der Waals surface area contributed by atoms with Crippen LogP contribution in [0.4, 0.5) is 0 Å². The molecule has 232 valence electrons. The van der Waals surface area contributed by atoms with Gasteiger partial charge in [-0.2, -0.15) is 0 Å². The van der Waals surface area contributed by atoms with E-state index in [0.717, 1.165) is 11.1 Å². The standard InChI is InChI=1S/C33H38N4O7/c1-19-31(20(2)35-32(19)21(3)38)33(41)37-14-13-26-25(17-37)36-30(40)18-43-27-11-7-22(15-28(27)42-4)8-12-29(39)34-16-23-5-9-24(44-26)10-6-23/h5-7,9-11,15,25-26,35H,8,12-14,16-18H2,1-4H3,(H,34,39)(H,36,40)/t25-,26-/m1/s1. The van der Waals surface area contributed by atoms with Gasteiger partial charge in [0.1, 0.15) is 11.9 Å². The van der Waals surface area contributed by atoms with Gasteiger partial charge in [-0.15, -0.1) is 0 Å². The molecule has 0 unspecified atom stereocenters. The van der Waals surface area contributed by atoms with Gasteiger partial charge in [0.25, 0.3) is 11.8 Å². The third-order valence-corrected chi connectivity index (χ3v) is 8.11. The molecule has 8 rings (SSSR count). The van der Waals surface area contributed by atoms with Crippen LogP contribution < -0.4 is 24.8 Å². The Balaban J connectivity index is 1.39. The molecule has 5 aliphatic rings. The molecule has 0 spiro atoms. The normalized spacial score (nSPS) is 19.2. The van der Waals surface area contributed by atoms with Gasteiger partial charge in [0.2, 0.25) is 5.91 Å². The average Bonchev–Trinajstić information content (AvgIpc) is 3.32. The Labute approximate surface area is 256 Å². The zero-order chi connectivity index (χ0) is 31.4. The minimum atomic E-state index is -0.538. The fourth-order valence-electron chi connectivity index (χ4n) is 5.76. The van der Waals surface area contributed by atoms with E-state index < -0.39 is 12.1 Å². The Morgan fingerprint density at radius 1 is 1.00 bits per heavy atom. The number of benzene rings is 2. The molecule has 3 aromatic rings. The number of hydrogen-bond acceptors (Lipinski definition) is 7. The van der Waals surface area contributed by atoms with E-state index in [1.54, 1.807) is 30.9 Å². The highest BCUT2D eigenvalue weighted by Crippen LogP contribution is 2.29. The Hall–Kier alpha value is -4.80. The van der Waals surface area contributed by atoms with Gasteiger partial charge in [0.15, 0.2) is 23.9 Å². The molecule has 1 fully saturated rings. The number of nitrogens with zero attached hydrogens (tertiary/aromatic N) is 1. The van der Waals surface area contributed by atoms with E-state index in [9.17, 15) is 19.2 Å². The SMILES string of the molecule is COc1cc2ccc1OCC(=O)N[C@@H]1CN(C(=O)c3c(C)[nH]c(C(C)=O)c3C)CC[C@H]1Oc1ccc(cc1)CNC(=O)CC2. The number of carbonyl (C=O) groups is 4. The number of H-pyrrole nitrogens is 1. The molecule has 11 heteroatoms. The Kier molecular flexibility index (Phi) is 9.22. The number of aryl methyl sites for hydroxylation is 2. The van der Waals surface area contributed by atoms with Crippen LogP contribution in [0.2, 0.25) is 0 Å². The van der Waals surface area contributed by atoms with Crippen LogP contribution in [0.1, 0.15) is 63.0 Å². The number of aromatic nitrogens is 1. The first-order chi connectivity index (χ1) is 21.1. The number of ether oxygens (including phenoxy) is 3. The Morgan fingerprint density at radius 3 is 2.45 bits per heavy atom. The van der Waals surface area contributed by atoms with Gasteiger partial charge in [-0.25, -0.2) is 0 Å². The van der Waals surface area contributed by atoms with Gasteiger partial charge in [0, 0.05) is 45.1 Å². The quantitative estimate of drug-likeness (QED) is 0.391. The minimum Gasteiger partial charge on any atom is -0.493 e. The number of amides is 3. The van der Waals surface area contributed by atoms with Crippen molar-refractivity contribution in [2.24, 2.45) is 0 Å². The number of ketones is 1. The molecular formula is C33H38N4O7. The van der Waals surface area contributed by atoms with E-state index in [2.05, 4.69) is 15.6 Å². The summed E-state index contributed by atoms with van der Waals surface area (Å²) < 4.78 is 17.6. The molecule has 44 heavy (non-hydrogen) atoms. The van der Waals surface area contributed by atoms with Gasteiger partial charge in [0.05, 0.1) is 24.4 Å². The van der Waals surface area contributed by atoms with Gasteiger partial charge >= 0.3 is 0 Å². The summed E-state index contributed by atoms with van der Waals surface area (Å²) in [5.41, 5.74) is 3.96. The second-order valence-corrected chi connectivity index (χ2v) is 11.2. The predicted octanol–water partition coefficient (Wildman–Crippen LogP) is 3.26. The zero-order valence-corrected chi connectivity index (χ0v) is 25.5. The van der Waals surface area contributed by atoms with Gasteiger partial charge < -0.3 is 34.7 Å². The summed E-state index contributed by atoms with van der Waals surface area (Å²) in [6.07, 6.45) is 0.879. The third kappa shape index (κ3) is 6.88. The number of nitrogens with one attached hydrogen (secondary N) is 3. The first-order valence-electron chi connectivity index (χ1n) is 14.7.